The van der Waals surface area contributed by atoms with Gasteiger partial charge in [0.25, 0.3) is 0 Å². The normalized spacial score (nSPS) is 14.7. The standard InChI is InChI=1S/C21H19NO4/c1-4-22-11-13(16-10-15(25-3)5-6-17(16)22)8-19-21(24)20-12(2)7-14(23)9-18(20)26-19/h5-11,23H,4H2,1-3H3/b19-8+. The molecular formula is C21H19NO4. The number of phenolic OH excluding ortho intramolecular Hbond substituents is 1. The summed E-state index contributed by atoms with van der Waals surface area (Å²) in [7, 11) is 1.63. The molecule has 1 aromatic heterocycles. The zero-order chi connectivity index (χ0) is 18.4. The van der Waals surface area contributed by atoms with Crippen LogP contribution in [0.25, 0.3) is 17.0 Å². The molecule has 5 heteroatoms. The van der Waals surface area contributed by atoms with Gasteiger partial charge in [-0.2, -0.15) is 0 Å². The van der Waals surface area contributed by atoms with Crippen molar-refractivity contribution < 1.29 is 19.4 Å². The SMILES string of the molecule is CCn1cc(/C=C2/Oc3cc(O)cc(C)c3C2=O)c2cc(OC)ccc21. The minimum atomic E-state index is -0.169. The molecule has 0 atom stereocenters. The lowest BCUT2D eigenvalue weighted by Gasteiger charge is -2.02. The first kappa shape index (κ1) is 16.3. The number of carbonyl (C=O) groups is 1. The summed E-state index contributed by atoms with van der Waals surface area (Å²) in [5.74, 6) is 1.33. The maximum Gasteiger partial charge on any atom is 0.232 e. The first-order valence-electron chi connectivity index (χ1n) is 8.46. The summed E-state index contributed by atoms with van der Waals surface area (Å²) >= 11 is 0. The van der Waals surface area contributed by atoms with Crippen molar-refractivity contribution in [1.29, 1.82) is 0 Å². The molecule has 0 fully saturated rings. The number of ketones is 1. The Hall–Kier alpha value is -3.21. The van der Waals surface area contributed by atoms with E-state index in [-0.39, 0.29) is 17.3 Å². The van der Waals surface area contributed by atoms with Crippen molar-refractivity contribution in [3.05, 3.63) is 59.0 Å². The van der Waals surface area contributed by atoms with E-state index in [1.165, 1.54) is 6.07 Å². The Kier molecular flexibility index (Phi) is 3.72. The Labute approximate surface area is 151 Å². The largest absolute Gasteiger partial charge is 0.508 e. The van der Waals surface area contributed by atoms with Crippen LogP contribution >= 0.6 is 0 Å². The summed E-state index contributed by atoms with van der Waals surface area (Å²) < 4.78 is 13.2. The molecular weight excluding hydrogens is 330 g/mol. The number of fused-ring (bicyclic) bond motifs is 2. The summed E-state index contributed by atoms with van der Waals surface area (Å²) in [5, 5.41) is 10.7. The average molecular weight is 349 g/mol. The molecule has 1 aliphatic heterocycles. The van der Waals surface area contributed by atoms with Crippen LogP contribution in [0.4, 0.5) is 0 Å². The van der Waals surface area contributed by atoms with Gasteiger partial charge in [0.15, 0.2) is 5.76 Å². The van der Waals surface area contributed by atoms with Gasteiger partial charge < -0.3 is 19.1 Å². The molecule has 0 spiro atoms. The van der Waals surface area contributed by atoms with Crippen LogP contribution in [-0.4, -0.2) is 22.6 Å². The summed E-state index contributed by atoms with van der Waals surface area (Å²) in [6, 6.07) is 8.92. The van der Waals surface area contributed by atoms with E-state index in [4.69, 9.17) is 9.47 Å². The molecule has 0 amide bonds. The number of phenols is 1. The van der Waals surface area contributed by atoms with Crippen LogP contribution in [0.3, 0.4) is 0 Å². The maximum absolute atomic E-state index is 12.8. The Morgan fingerprint density at radius 2 is 2.08 bits per heavy atom. The Morgan fingerprint density at radius 3 is 2.81 bits per heavy atom. The summed E-state index contributed by atoms with van der Waals surface area (Å²) in [6.07, 6.45) is 3.76. The van der Waals surface area contributed by atoms with Crippen molar-refractivity contribution >= 4 is 22.8 Å². The topological polar surface area (TPSA) is 60.7 Å². The quantitative estimate of drug-likeness (QED) is 0.716. The number of aromatic hydroxyl groups is 1. The number of benzene rings is 2. The Bertz CT molecular complexity index is 1080. The number of Topliss-reactive ketones (excluding diaryl/α,β-unsaturated/α-hetero) is 1. The fourth-order valence-corrected chi connectivity index (χ4v) is 3.44. The number of nitrogens with zero attached hydrogens (tertiary/aromatic N) is 1. The van der Waals surface area contributed by atoms with Crippen LogP contribution in [-0.2, 0) is 6.54 Å². The monoisotopic (exact) mass is 349 g/mol. The zero-order valence-electron chi connectivity index (χ0n) is 14.9. The van der Waals surface area contributed by atoms with Gasteiger partial charge in [0.05, 0.1) is 12.7 Å². The molecule has 0 saturated carbocycles. The minimum Gasteiger partial charge on any atom is -0.508 e. The van der Waals surface area contributed by atoms with Crippen LogP contribution in [0.1, 0.15) is 28.4 Å². The van der Waals surface area contributed by atoms with Gasteiger partial charge in [-0.1, -0.05) is 0 Å². The van der Waals surface area contributed by atoms with Crippen molar-refractivity contribution in [2.45, 2.75) is 20.4 Å². The minimum absolute atomic E-state index is 0.0858. The number of allylic oxidation sites excluding steroid dienone is 1. The molecule has 26 heavy (non-hydrogen) atoms. The van der Waals surface area contributed by atoms with E-state index in [0.29, 0.717) is 16.9 Å². The maximum atomic E-state index is 12.8. The molecule has 4 rings (SSSR count). The third-order valence-electron chi connectivity index (χ3n) is 4.70. The highest BCUT2D eigenvalue weighted by Gasteiger charge is 2.30. The Morgan fingerprint density at radius 1 is 1.27 bits per heavy atom. The summed E-state index contributed by atoms with van der Waals surface area (Å²) in [5.41, 5.74) is 3.16. The number of carbonyl (C=O) groups excluding carboxylic acids is 1. The number of aromatic nitrogens is 1. The van der Waals surface area contributed by atoms with E-state index in [9.17, 15) is 9.90 Å². The molecule has 0 aliphatic carbocycles. The highest BCUT2D eigenvalue weighted by Crippen LogP contribution is 2.38. The highest BCUT2D eigenvalue weighted by atomic mass is 16.5. The van der Waals surface area contributed by atoms with E-state index in [2.05, 4.69) is 11.5 Å². The predicted molar refractivity (Wildman–Crippen MR) is 99.9 cm³/mol. The fourth-order valence-electron chi connectivity index (χ4n) is 3.44. The second kappa shape index (κ2) is 5.95. The van der Waals surface area contributed by atoms with Crippen LogP contribution in [0, 0.1) is 6.92 Å². The molecule has 0 radical (unpaired) electrons. The number of ether oxygens (including phenoxy) is 2. The lowest BCUT2D eigenvalue weighted by molar-refractivity contribution is 0.101. The first-order valence-corrected chi connectivity index (χ1v) is 8.46. The molecule has 0 unspecified atom stereocenters. The van der Waals surface area contributed by atoms with Gasteiger partial charge in [-0.3, -0.25) is 4.79 Å². The number of rotatable bonds is 3. The molecule has 0 bridgehead atoms. The predicted octanol–water partition coefficient (Wildman–Crippen LogP) is 4.30. The van der Waals surface area contributed by atoms with Crippen LogP contribution in [0.5, 0.6) is 17.2 Å². The van der Waals surface area contributed by atoms with Gasteiger partial charge in [0.2, 0.25) is 5.78 Å². The molecule has 2 aromatic carbocycles. The number of methoxy groups -OCH3 is 1. The van der Waals surface area contributed by atoms with Crippen molar-refractivity contribution in [3.8, 4) is 17.2 Å². The van der Waals surface area contributed by atoms with E-state index in [1.807, 2.05) is 24.4 Å². The Balaban J connectivity index is 1.85. The van der Waals surface area contributed by atoms with Gasteiger partial charge >= 0.3 is 0 Å². The summed E-state index contributed by atoms with van der Waals surface area (Å²) in [4.78, 5) is 12.8. The highest BCUT2D eigenvalue weighted by molar-refractivity contribution is 6.16. The van der Waals surface area contributed by atoms with Crippen LogP contribution in [0.15, 0.2) is 42.3 Å². The smallest absolute Gasteiger partial charge is 0.232 e. The molecule has 132 valence electrons. The van der Waals surface area contributed by atoms with Gasteiger partial charge in [-0.25, -0.2) is 0 Å². The number of hydrogen-bond acceptors (Lipinski definition) is 4. The van der Waals surface area contributed by atoms with E-state index >= 15 is 0 Å². The second-order valence-corrected chi connectivity index (χ2v) is 6.33. The van der Waals surface area contributed by atoms with Crippen molar-refractivity contribution in [2.75, 3.05) is 7.11 Å². The fraction of sp³-hybridized carbons (Fsp3) is 0.190. The number of hydrogen-bond donors (Lipinski definition) is 1. The van der Waals surface area contributed by atoms with Gasteiger partial charge in [-0.15, -0.1) is 0 Å². The average Bonchev–Trinajstić information content (AvgIpc) is 3.12. The van der Waals surface area contributed by atoms with Crippen molar-refractivity contribution in [2.24, 2.45) is 0 Å². The van der Waals surface area contributed by atoms with Gasteiger partial charge in [-0.05, 0) is 49.8 Å². The molecule has 1 aliphatic rings. The number of aryl methyl sites for hydroxylation is 2. The molecule has 0 saturated heterocycles. The zero-order valence-corrected chi connectivity index (χ0v) is 14.9. The first-order chi connectivity index (χ1) is 12.5. The second-order valence-electron chi connectivity index (χ2n) is 6.33. The van der Waals surface area contributed by atoms with Gasteiger partial charge in [0.1, 0.15) is 17.2 Å². The third-order valence-corrected chi connectivity index (χ3v) is 4.70. The molecule has 2 heterocycles. The summed E-state index contributed by atoms with van der Waals surface area (Å²) in [6.45, 7) is 4.67. The van der Waals surface area contributed by atoms with Gasteiger partial charge in [0, 0.05) is 35.3 Å². The van der Waals surface area contributed by atoms with E-state index in [1.54, 1.807) is 26.2 Å². The lowest BCUT2D eigenvalue weighted by Crippen LogP contribution is -1.99. The molecule has 1 N–H and O–H groups in total. The third kappa shape index (κ3) is 2.44. The molecule has 5 nitrogen and oxygen atoms in total. The lowest BCUT2D eigenvalue weighted by atomic mass is 10.0. The van der Waals surface area contributed by atoms with E-state index < -0.39 is 0 Å². The van der Waals surface area contributed by atoms with E-state index in [0.717, 1.165) is 28.8 Å². The van der Waals surface area contributed by atoms with Crippen LogP contribution < -0.4 is 9.47 Å². The van der Waals surface area contributed by atoms with Crippen molar-refractivity contribution in [1.82, 2.24) is 4.57 Å². The van der Waals surface area contributed by atoms with Crippen LogP contribution in [0.2, 0.25) is 0 Å². The van der Waals surface area contributed by atoms with Crippen molar-refractivity contribution in [3.63, 3.8) is 0 Å². The molecule has 3 aromatic rings.